The van der Waals surface area contributed by atoms with Gasteiger partial charge in [-0.3, -0.25) is 0 Å². The first-order valence-corrected chi connectivity index (χ1v) is 17.9. The Labute approximate surface area is 294 Å². The predicted molar refractivity (Wildman–Crippen MR) is 217 cm³/mol. The van der Waals surface area contributed by atoms with Crippen molar-refractivity contribution in [2.75, 3.05) is 4.90 Å². The van der Waals surface area contributed by atoms with Gasteiger partial charge < -0.3 is 4.90 Å². The van der Waals surface area contributed by atoms with Gasteiger partial charge in [-0.2, -0.15) is 0 Å². The third-order valence-corrected chi connectivity index (χ3v) is 11.1. The maximum absolute atomic E-state index is 2.41. The second-order valence-electron chi connectivity index (χ2n) is 13.0. The number of fused-ring (bicyclic) bond motifs is 7. The van der Waals surface area contributed by atoms with Crippen LogP contribution in [-0.2, 0) is 0 Å². The van der Waals surface area contributed by atoms with Crippen molar-refractivity contribution >= 4 is 80.9 Å². The van der Waals surface area contributed by atoms with E-state index < -0.39 is 0 Å². The third kappa shape index (κ3) is 4.84. The molecule has 0 aliphatic heterocycles. The largest absolute Gasteiger partial charge is 0.310 e. The molecule has 234 valence electrons. The Hall–Kier alpha value is -6.22. The van der Waals surface area contributed by atoms with E-state index in [1.54, 1.807) is 0 Å². The van der Waals surface area contributed by atoms with E-state index in [0.29, 0.717) is 0 Å². The second kappa shape index (κ2) is 11.7. The number of thiophene rings is 1. The average Bonchev–Trinajstić information content (AvgIpc) is 3.56. The van der Waals surface area contributed by atoms with Gasteiger partial charge in [0.1, 0.15) is 0 Å². The van der Waals surface area contributed by atoms with Gasteiger partial charge in [0.25, 0.3) is 0 Å². The molecule has 0 radical (unpaired) electrons. The fraction of sp³-hybridized carbons (Fsp3) is 0. The Morgan fingerprint density at radius 3 is 1.74 bits per heavy atom. The maximum atomic E-state index is 2.41. The molecule has 0 amide bonds. The van der Waals surface area contributed by atoms with E-state index in [1.165, 1.54) is 74.7 Å². The summed E-state index contributed by atoms with van der Waals surface area (Å²) in [4.78, 5) is 2.41. The Morgan fingerprint density at radius 1 is 0.300 bits per heavy atom. The summed E-state index contributed by atoms with van der Waals surface area (Å²) in [5.41, 5.74) is 8.26. The number of rotatable bonds is 5. The molecular weight excluding hydrogens is 623 g/mol. The van der Waals surface area contributed by atoms with Crippen LogP contribution in [0.4, 0.5) is 17.1 Å². The molecule has 0 atom stereocenters. The summed E-state index contributed by atoms with van der Waals surface area (Å²) in [6, 6.07) is 68.8. The van der Waals surface area contributed by atoms with Gasteiger partial charge in [0.2, 0.25) is 0 Å². The molecule has 2 heteroatoms. The molecule has 0 aliphatic rings. The lowest BCUT2D eigenvalue weighted by atomic mass is 9.95. The van der Waals surface area contributed by atoms with Crippen LogP contribution in [0.25, 0.3) is 74.7 Å². The van der Waals surface area contributed by atoms with E-state index in [2.05, 4.69) is 193 Å². The normalized spacial score (nSPS) is 11.6. The summed E-state index contributed by atoms with van der Waals surface area (Å²) in [7, 11) is 0. The summed E-state index contributed by atoms with van der Waals surface area (Å²) in [6.07, 6.45) is 0. The first kappa shape index (κ1) is 28.8. The monoisotopic (exact) mass is 653 g/mol. The number of hydrogen-bond donors (Lipinski definition) is 0. The molecule has 0 unspecified atom stereocenters. The first-order valence-electron chi connectivity index (χ1n) is 17.1. The highest BCUT2D eigenvalue weighted by molar-refractivity contribution is 7.25. The van der Waals surface area contributed by atoms with E-state index in [0.717, 1.165) is 17.1 Å². The van der Waals surface area contributed by atoms with Crippen molar-refractivity contribution in [2.24, 2.45) is 0 Å². The van der Waals surface area contributed by atoms with Crippen molar-refractivity contribution < 1.29 is 0 Å². The average molecular weight is 654 g/mol. The van der Waals surface area contributed by atoms with E-state index in [-0.39, 0.29) is 0 Å². The van der Waals surface area contributed by atoms with Gasteiger partial charge in [-0.05, 0) is 103 Å². The van der Waals surface area contributed by atoms with Gasteiger partial charge in [-0.1, -0.05) is 140 Å². The van der Waals surface area contributed by atoms with Crippen LogP contribution in [0.3, 0.4) is 0 Å². The lowest BCUT2D eigenvalue weighted by molar-refractivity contribution is 1.30. The van der Waals surface area contributed by atoms with Crippen molar-refractivity contribution in [3.05, 3.63) is 188 Å². The number of benzene rings is 9. The van der Waals surface area contributed by atoms with Crippen LogP contribution in [-0.4, -0.2) is 0 Å². The van der Waals surface area contributed by atoms with Crippen LogP contribution in [0.15, 0.2) is 188 Å². The van der Waals surface area contributed by atoms with E-state index in [4.69, 9.17) is 0 Å². The van der Waals surface area contributed by atoms with Crippen molar-refractivity contribution in [1.29, 1.82) is 0 Å². The fourth-order valence-corrected chi connectivity index (χ4v) is 8.75. The lowest BCUT2D eigenvalue weighted by Crippen LogP contribution is -2.10. The fourth-order valence-electron chi connectivity index (χ4n) is 7.61. The first-order chi connectivity index (χ1) is 24.8. The Kier molecular flexibility index (Phi) is 6.75. The van der Waals surface area contributed by atoms with Gasteiger partial charge in [0.15, 0.2) is 0 Å². The molecule has 9 aromatic carbocycles. The molecule has 0 fully saturated rings. The predicted octanol–water partition coefficient (Wildman–Crippen LogP) is 14.3. The molecule has 1 nitrogen and oxygen atoms in total. The van der Waals surface area contributed by atoms with Crippen LogP contribution < -0.4 is 4.90 Å². The molecule has 0 N–H and O–H groups in total. The van der Waals surface area contributed by atoms with E-state index in [1.807, 2.05) is 11.3 Å². The van der Waals surface area contributed by atoms with Crippen LogP contribution in [0, 0.1) is 0 Å². The standard InChI is InChI=1S/C48H31NS/c1-3-17-41-32(10-1)12-9-20-43(41)36-15-7-13-34(28-36)35-14-8-16-38(29-35)49(40-25-27-46-45-19-5-6-21-47(45)50-48(46)31-40)39-24-26-44-37(30-39)23-22-33-11-2-4-18-42(33)44/h1-31H. The van der Waals surface area contributed by atoms with Gasteiger partial charge in [-0.15, -0.1) is 11.3 Å². The highest BCUT2D eigenvalue weighted by atomic mass is 32.1. The third-order valence-electron chi connectivity index (χ3n) is 10.0. The zero-order valence-electron chi connectivity index (χ0n) is 27.3. The van der Waals surface area contributed by atoms with Crippen molar-refractivity contribution in [2.45, 2.75) is 0 Å². The van der Waals surface area contributed by atoms with Crippen LogP contribution >= 0.6 is 11.3 Å². The van der Waals surface area contributed by atoms with Gasteiger partial charge in [0, 0.05) is 37.2 Å². The minimum atomic E-state index is 1.12. The highest BCUT2D eigenvalue weighted by Gasteiger charge is 2.17. The molecule has 0 saturated carbocycles. The van der Waals surface area contributed by atoms with Crippen molar-refractivity contribution in [3.8, 4) is 22.3 Å². The van der Waals surface area contributed by atoms with Crippen LogP contribution in [0.5, 0.6) is 0 Å². The van der Waals surface area contributed by atoms with Crippen molar-refractivity contribution in [3.63, 3.8) is 0 Å². The van der Waals surface area contributed by atoms with Gasteiger partial charge in [-0.25, -0.2) is 0 Å². The molecule has 10 aromatic rings. The molecule has 1 aromatic heterocycles. The van der Waals surface area contributed by atoms with Crippen LogP contribution in [0.1, 0.15) is 0 Å². The summed E-state index contributed by atoms with van der Waals surface area (Å²) in [5, 5.41) is 10.2. The zero-order valence-corrected chi connectivity index (χ0v) is 28.1. The molecular formula is C48H31NS. The van der Waals surface area contributed by atoms with Crippen molar-refractivity contribution in [1.82, 2.24) is 0 Å². The zero-order chi connectivity index (χ0) is 33.0. The number of anilines is 3. The molecule has 0 saturated heterocycles. The molecule has 50 heavy (non-hydrogen) atoms. The van der Waals surface area contributed by atoms with Gasteiger partial charge >= 0.3 is 0 Å². The van der Waals surface area contributed by atoms with Crippen LogP contribution in [0.2, 0.25) is 0 Å². The summed E-state index contributed by atoms with van der Waals surface area (Å²) < 4.78 is 2.61. The minimum absolute atomic E-state index is 1.12. The lowest BCUT2D eigenvalue weighted by Gasteiger charge is -2.26. The molecule has 0 spiro atoms. The maximum Gasteiger partial charge on any atom is 0.0476 e. The quantitative estimate of drug-likeness (QED) is 0.167. The molecule has 10 rings (SSSR count). The Bertz CT molecular complexity index is 2890. The Morgan fingerprint density at radius 2 is 0.860 bits per heavy atom. The summed E-state index contributed by atoms with van der Waals surface area (Å²) in [5.74, 6) is 0. The topological polar surface area (TPSA) is 3.24 Å². The Balaban J connectivity index is 1.13. The smallest absolute Gasteiger partial charge is 0.0476 e. The molecule has 1 heterocycles. The SMILES string of the molecule is c1cc(-c2cccc(N(c3ccc4c(ccc5ccccc54)c3)c3ccc4c(c3)sc3ccccc34)c2)cc(-c2cccc3ccccc23)c1. The minimum Gasteiger partial charge on any atom is -0.310 e. The summed E-state index contributed by atoms with van der Waals surface area (Å²) >= 11 is 1.86. The second-order valence-corrected chi connectivity index (χ2v) is 14.0. The number of hydrogen-bond acceptors (Lipinski definition) is 2. The van der Waals surface area contributed by atoms with E-state index >= 15 is 0 Å². The molecule has 0 aliphatic carbocycles. The molecule has 0 bridgehead atoms. The van der Waals surface area contributed by atoms with Gasteiger partial charge in [0.05, 0.1) is 0 Å². The van der Waals surface area contributed by atoms with E-state index in [9.17, 15) is 0 Å². The number of nitrogens with zero attached hydrogens (tertiary/aromatic N) is 1. The highest BCUT2D eigenvalue weighted by Crippen LogP contribution is 2.43. The summed E-state index contributed by atoms with van der Waals surface area (Å²) in [6.45, 7) is 0.